The first-order chi connectivity index (χ1) is 18.9. The van der Waals surface area contributed by atoms with Crippen LogP contribution >= 0.6 is 35.0 Å². The van der Waals surface area contributed by atoms with E-state index in [4.69, 9.17) is 42.5 Å². The van der Waals surface area contributed by atoms with Crippen molar-refractivity contribution in [3.05, 3.63) is 68.8 Å². The number of hydrogen-bond donors (Lipinski definition) is 1. The molecule has 1 aromatic heterocycles. The van der Waals surface area contributed by atoms with E-state index in [1.807, 2.05) is 38.1 Å². The van der Waals surface area contributed by atoms with Gasteiger partial charge in [0.25, 0.3) is 0 Å². The van der Waals surface area contributed by atoms with E-state index in [0.717, 1.165) is 36.1 Å². The van der Waals surface area contributed by atoms with Crippen molar-refractivity contribution in [1.82, 2.24) is 14.8 Å². The standard InChI is InChI=1S/C28H32Cl2N4O4S/c1-5-7-13-39-28-32-27-31-17(3)24(26(35)37-12-6-2)25(34(27)33-28)19-9-11-22(23(15-19)36-4)38-16-18-8-10-20(29)21(30)14-18/h8-11,14-15,25H,5-7,12-13,16H2,1-4H3,(H,31,32,33). The van der Waals surface area contributed by atoms with Crippen molar-refractivity contribution in [2.24, 2.45) is 0 Å². The lowest BCUT2D eigenvalue weighted by Gasteiger charge is -2.28. The number of unbranched alkanes of at least 4 members (excludes halogenated alkanes) is 1. The monoisotopic (exact) mass is 590 g/mol. The predicted octanol–water partition coefficient (Wildman–Crippen LogP) is 7.31. The van der Waals surface area contributed by atoms with Gasteiger partial charge < -0.3 is 19.5 Å². The van der Waals surface area contributed by atoms with Gasteiger partial charge in [-0.1, -0.05) is 67.4 Å². The summed E-state index contributed by atoms with van der Waals surface area (Å²) in [7, 11) is 1.58. The first-order valence-corrected chi connectivity index (χ1v) is 14.6. The van der Waals surface area contributed by atoms with Crippen molar-refractivity contribution in [2.45, 2.75) is 57.8 Å². The molecule has 0 amide bonds. The minimum Gasteiger partial charge on any atom is -0.493 e. The summed E-state index contributed by atoms with van der Waals surface area (Å²) < 4.78 is 19.0. The molecule has 2 aromatic carbocycles. The summed E-state index contributed by atoms with van der Waals surface area (Å²) in [5.41, 5.74) is 2.80. The number of benzene rings is 2. The smallest absolute Gasteiger partial charge is 0.338 e. The second-order valence-electron chi connectivity index (χ2n) is 9.01. The van der Waals surface area contributed by atoms with Gasteiger partial charge in [-0.15, -0.1) is 5.10 Å². The fourth-order valence-electron chi connectivity index (χ4n) is 4.11. The van der Waals surface area contributed by atoms with E-state index in [1.165, 1.54) is 0 Å². The molecular formula is C28H32Cl2N4O4S. The van der Waals surface area contributed by atoms with Gasteiger partial charge in [0.05, 0.1) is 29.3 Å². The van der Waals surface area contributed by atoms with Gasteiger partial charge in [-0.05, 0) is 55.2 Å². The van der Waals surface area contributed by atoms with E-state index in [-0.39, 0.29) is 6.61 Å². The molecule has 0 fully saturated rings. The van der Waals surface area contributed by atoms with Gasteiger partial charge >= 0.3 is 5.97 Å². The molecule has 3 aromatic rings. The number of methoxy groups -OCH3 is 1. The highest BCUT2D eigenvalue weighted by molar-refractivity contribution is 7.99. The Labute approximate surface area is 243 Å². The molecule has 4 rings (SSSR count). The number of nitrogens with zero attached hydrogens (tertiary/aromatic N) is 3. The Hall–Kier alpha value is -2.88. The quantitative estimate of drug-likeness (QED) is 0.133. The van der Waals surface area contributed by atoms with Crippen LogP contribution in [0.4, 0.5) is 5.95 Å². The molecule has 0 saturated heterocycles. The van der Waals surface area contributed by atoms with E-state index in [2.05, 4.69) is 17.2 Å². The lowest BCUT2D eigenvalue weighted by molar-refractivity contribution is -0.139. The van der Waals surface area contributed by atoms with Crippen molar-refractivity contribution in [1.29, 1.82) is 0 Å². The van der Waals surface area contributed by atoms with Crippen LogP contribution in [-0.4, -0.2) is 40.2 Å². The minimum absolute atomic E-state index is 0.277. The highest BCUT2D eigenvalue weighted by atomic mass is 35.5. The van der Waals surface area contributed by atoms with Crippen molar-refractivity contribution in [2.75, 3.05) is 24.8 Å². The Morgan fingerprint density at radius 2 is 1.92 bits per heavy atom. The van der Waals surface area contributed by atoms with E-state index in [9.17, 15) is 4.79 Å². The second-order valence-corrected chi connectivity index (χ2v) is 10.9. The van der Waals surface area contributed by atoms with Crippen LogP contribution in [0.2, 0.25) is 10.0 Å². The number of esters is 1. The van der Waals surface area contributed by atoms with Crippen molar-refractivity contribution >= 4 is 46.9 Å². The fraction of sp³-hybridized carbons (Fsp3) is 0.393. The number of carbonyl (C=O) groups excluding carboxylic acids is 1. The van der Waals surface area contributed by atoms with E-state index in [1.54, 1.807) is 35.7 Å². The molecule has 1 aliphatic heterocycles. The first-order valence-electron chi connectivity index (χ1n) is 12.8. The van der Waals surface area contributed by atoms with E-state index >= 15 is 0 Å². The van der Waals surface area contributed by atoms with Crippen LogP contribution < -0.4 is 14.8 Å². The lowest BCUT2D eigenvalue weighted by Crippen LogP contribution is -2.29. The number of rotatable bonds is 12. The van der Waals surface area contributed by atoms with Gasteiger partial charge in [-0.2, -0.15) is 4.98 Å². The summed E-state index contributed by atoms with van der Waals surface area (Å²) in [6, 6.07) is 10.4. The number of anilines is 1. The molecule has 8 nitrogen and oxygen atoms in total. The van der Waals surface area contributed by atoms with Gasteiger partial charge in [-0.3, -0.25) is 0 Å². The third-order valence-corrected chi connectivity index (χ3v) is 7.76. The number of fused-ring (bicyclic) bond motifs is 1. The zero-order chi connectivity index (χ0) is 27.9. The highest BCUT2D eigenvalue weighted by Crippen LogP contribution is 2.40. The molecule has 0 radical (unpaired) electrons. The average Bonchev–Trinajstić information content (AvgIpc) is 3.33. The largest absolute Gasteiger partial charge is 0.493 e. The van der Waals surface area contributed by atoms with E-state index < -0.39 is 12.0 Å². The normalized spacial score (nSPS) is 14.6. The number of allylic oxidation sites excluding steroid dienone is 1. The van der Waals surface area contributed by atoms with Crippen LogP contribution in [0.3, 0.4) is 0 Å². The van der Waals surface area contributed by atoms with Crippen LogP contribution in [0.15, 0.2) is 52.8 Å². The maximum atomic E-state index is 13.2. The maximum Gasteiger partial charge on any atom is 0.338 e. The zero-order valence-electron chi connectivity index (χ0n) is 22.4. The molecule has 1 unspecified atom stereocenters. The molecule has 1 aliphatic rings. The Morgan fingerprint density at radius 1 is 1.10 bits per heavy atom. The molecule has 0 bridgehead atoms. The van der Waals surface area contributed by atoms with Crippen LogP contribution in [0.5, 0.6) is 11.5 Å². The lowest BCUT2D eigenvalue weighted by atomic mass is 9.95. The number of aromatic nitrogens is 3. The predicted molar refractivity (Wildman–Crippen MR) is 155 cm³/mol. The van der Waals surface area contributed by atoms with Crippen LogP contribution in [0, 0.1) is 0 Å². The maximum absolute atomic E-state index is 13.2. The van der Waals surface area contributed by atoms with Gasteiger partial charge in [0.2, 0.25) is 11.1 Å². The Morgan fingerprint density at radius 3 is 2.64 bits per heavy atom. The fourth-order valence-corrected chi connectivity index (χ4v) is 5.34. The third-order valence-electron chi connectivity index (χ3n) is 6.10. The molecule has 0 saturated carbocycles. The molecule has 208 valence electrons. The SMILES string of the molecule is CCCCSc1nc2n(n1)C(c1ccc(OCc3ccc(Cl)c(Cl)c3)c(OC)c1)C(C(=O)OCCC)=C(C)N2. The minimum atomic E-state index is -0.559. The number of halogens is 2. The second kappa shape index (κ2) is 13.5. The van der Waals surface area contributed by atoms with Crippen molar-refractivity contribution in [3.63, 3.8) is 0 Å². The molecule has 11 heteroatoms. The first kappa shape index (κ1) is 29.1. The highest BCUT2D eigenvalue weighted by Gasteiger charge is 2.35. The number of nitrogens with one attached hydrogen (secondary N) is 1. The van der Waals surface area contributed by atoms with E-state index in [0.29, 0.717) is 50.5 Å². The Kier molecular flexibility index (Phi) is 10.0. The zero-order valence-corrected chi connectivity index (χ0v) is 24.8. The van der Waals surface area contributed by atoms with Crippen LogP contribution in [0.1, 0.15) is 57.2 Å². The van der Waals surface area contributed by atoms with Crippen LogP contribution in [-0.2, 0) is 16.1 Å². The summed E-state index contributed by atoms with van der Waals surface area (Å²) in [6.07, 6.45) is 2.88. The molecule has 2 heterocycles. The molecule has 1 atom stereocenters. The summed E-state index contributed by atoms with van der Waals surface area (Å²) in [6.45, 7) is 6.57. The van der Waals surface area contributed by atoms with Crippen molar-refractivity contribution in [3.8, 4) is 11.5 Å². The van der Waals surface area contributed by atoms with Gasteiger partial charge in [0.1, 0.15) is 12.6 Å². The molecule has 39 heavy (non-hydrogen) atoms. The average molecular weight is 592 g/mol. The number of hydrogen-bond acceptors (Lipinski definition) is 8. The molecule has 0 spiro atoms. The number of thioether (sulfide) groups is 1. The van der Waals surface area contributed by atoms with Gasteiger partial charge in [0, 0.05) is 11.4 Å². The van der Waals surface area contributed by atoms with Gasteiger partial charge in [0.15, 0.2) is 11.5 Å². The molecule has 0 aliphatic carbocycles. The summed E-state index contributed by atoms with van der Waals surface area (Å²) in [4.78, 5) is 17.9. The Bertz CT molecular complexity index is 1360. The molecular weight excluding hydrogens is 559 g/mol. The summed E-state index contributed by atoms with van der Waals surface area (Å²) >= 11 is 13.8. The number of carbonyl (C=O) groups is 1. The third kappa shape index (κ3) is 6.83. The summed E-state index contributed by atoms with van der Waals surface area (Å²) in [5.74, 6) is 2.16. The topological polar surface area (TPSA) is 87.5 Å². The Balaban J connectivity index is 1.68. The number of ether oxygens (including phenoxy) is 3. The summed E-state index contributed by atoms with van der Waals surface area (Å²) in [5, 5.41) is 9.61. The van der Waals surface area contributed by atoms with Gasteiger partial charge in [-0.25, -0.2) is 9.48 Å². The van der Waals surface area contributed by atoms with Crippen molar-refractivity contribution < 1.29 is 19.0 Å². The van der Waals surface area contributed by atoms with Crippen LogP contribution in [0.25, 0.3) is 0 Å². The molecule has 1 N–H and O–H groups in total.